The fourth-order valence-electron chi connectivity index (χ4n) is 0.368. The molecule has 0 fully saturated rings. The van der Waals surface area contributed by atoms with Gasteiger partial charge in [0.1, 0.15) is 16.6 Å². The lowest BCUT2D eigenvalue weighted by Crippen LogP contribution is -2.43. The number of hydrogen-bond acceptors (Lipinski definition) is 1. The molecule has 0 amide bonds. The van der Waals surface area contributed by atoms with E-state index < -0.39 is 34.2 Å². The van der Waals surface area contributed by atoms with Gasteiger partial charge >= 0.3 is 17.6 Å². The maximum Gasteiger partial charge on any atom is 0.466 e. The largest absolute Gasteiger partial charge is 0.466 e. The summed E-state index contributed by atoms with van der Waals surface area (Å²) in [6.07, 6.45) is -11.6. The van der Waals surface area contributed by atoms with E-state index in [0.717, 1.165) is 0 Å². The van der Waals surface area contributed by atoms with Crippen molar-refractivity contribution in [3.63, 3.8) is 0 Å². The Bertz CT molecular complexity index is 226. The molecular weight excluding hydrogens is 248 g/mol. The van der Waals surface area contributed by atoms with Crippen molar-refractivity contribution in [1.29, 1.82) is 0 Å². The fraction of sp³-hybridized carbons (Fsp3) is 1.00. The predicted octanol–water partition coefficient (Wildman–Crippen LogP) is 2.45. The summed E-state index contributed by atoms with van der Waals surface area (Å²) in [4.78, 5) is 0. The Kier molecular flexibility index (Phi) is 3.52. The summed E-state index contributed by atoms with van der Waals surface area (Å²) in [6, 6.07) is 0. The molecule has 0 radical (unpaired) electrons. The monoisotopic (exact) mass is 250 g/mol. The van der Waals surface area contributed by atoms with E-state index in [-0.39, 0.29) is 0 Å². The fourth-order valence-corrected chi connectivity index (χ4v) is 1.11. The molecule has 0 aliphatic carbocycles. The molecule has 86 valence electrons. The summed E-state index contributed by atoms with van der Waals surface area (Å²) in [6.45, 7) is 0. The summed E-state index contributed by atoms with van der Waals surface area (Å²) in [5, 5.41) is -5.84. The summed E-state index contributed by atoms with van der Waals surface area (Å²) < 4.78 is 102. The first-order valence-electron chi connectivity index (χ1n) is 2.77. The average molecular weight is 250 g/mol. The minimum Gasteiger partial charge on any atom is -0.253 e. The van der Waals surface area contributed by atoms with Gasteiger partial charge in [-0.05, 0) is 0 Å². The highest BCUT2D eigenvalue weighted by Gasteiger charge is 2.63. The van der Waals surface area contributed by atoms with Crippen molar-refractivity contribution in [2.75, 3.05) is 5.75 Å². The smallest absolute Gasteiger partial charge is 0.253 e. The van der Waals surface area contributed by atoms with E-state index in [1.807, 2.05) is 0 Å². The Labute approximate surface area is 74.5 Å². The molecule has 0 saturated carbocycles. The first-order valence-corrected chi connectivity index (χ1v) is 4.09. The van der Waals surface area contributed by atoms with Crippen LogP contribution in [-0.2, 0) is 10.8 Å². The Hall–Kier alpha value is -0.410. The predicted molar refractivity (Wildman–Crippen MR) is 30.1 cm³/mol. The van der Waals surface area contributed by atoms with Gasteiger partial charge in [0.05, 0.1) is 0 Å². The van der Waals surface area contributed by atoms with E-state index in [9.17, 15) is 39.3 Å². The van der Waals surface area contributed by atoms with Crippen LogP contribution in [0.2, 0.25) is 0 Å². The molecule has 0 heterocycles. The molecule has 0 N–H and O–H groups in total. The molecule has 0 rings (SSSR count). The maximum atomic E-state index is 11.9. The molecule has 1 atom stereocenters. The molecule has 10 heteroatoms. The normalized spacial score (nSPS) is 16.9. The number of hydrogen-bond donors (Lipinski definition) is 0. The summed E-state index contributed by atoms with van der Waals surface area (Å²) in [5.74, 6) is -2.69. The highest BCUT2D eigenvalue weighted by atomic mass is 32.2. The third-order valence-electron chi connectivity index (χ3n) is 0.911. The molecule has 0 aliphatic heterocycles. The highest BCUT2D eigenvalue weighted by Crippen LogP contribution is 2.39. The lowest BCUT2D eigenvalue weighted by atomic mass is 10.7. The first kappa shape index (κ1) is 13.6. The van der Waals surface area contributed by atoms with Gasteiger partial charge < -0.3 is 0 Å². The van der Waals surface area contributed by atoms with Gasteiger partial charge in [-0.1, -0.05) is 0 Å². The molecule has 0 aliphatic rings. The van der Waals surface area contributed by atoms with Gasteiger partial charge in [-0.3, -0.25) is 4.21 Å². The van der Waals surface area contributed by atoms with Crippen LogP contribution in [-0.4, -0.2) is 27.6 Å². The van der Waals surface area contributed by atoms with Crippen molar-refractivity contribution >= 4 is 10.8 Å². The molecule has 0 aromatic carbocycles. The maximum absolute atomic E-state index is 11.9. The molecule has 0 aromatic heterocycles. The van der Waals surface area contributed by atoms with Crippen LogP contribution in [0.3, 0.4) is 0 Å². The number of halogens is 8. The third-order valence-corrected chi connectivity index (χ3v) is 2.30. The van der Waals surface area contributed by atoms with Gasteiger partial charge in [0.15, 0.2) is 0 Å². The Morgan fingerprint density at radius 3 is 1.43 bits per heavy atom. The van der Waals surface area contributed by atoms with Gasteiger partial charge in [0.25, 0.3) is 0 Å². The zero-order chi connectivity index (χ0) is 11.8. The molecule has 0 spiro atoms. The molecule has 0 aromatic rings. The van der Waals surface area contributed by atoms with Gasteiger partial charge in [-0.2, -0.15) is 35.1 Å². The molecule has 14 heavy (non-hydrogen) atoms. The minimum absolute atomic E-state index is 2.69. The van der Waals surface area contributed by atoms with Gasteiger partial charge in [0, 0.05) is 0 Å². The number of alkyl halides is 8. The van der Waals surface area contributed by atoms with E-state index >= 15 is 0 Å². The van der Waals surface area contributed by atoms with Crippen molar-refractivity contribution in [3.05, 3.63) is 0 Å². The van der Waals surface area contributed by atoms with Crippen LogP contribution in [0.25, 0.3) is 0 Å². The van der Waals surface area contributed by atoms with Crippen LogP contribution in [0.15, 0.2) is 0 Å². The van der Waals surface area contributed by atoms with Crippen molar-refractivity contribution in [1.82, 2.24) is 0 Å². The lowest BCUT2D eigenvalue weighted by Gasteiger charge is -2.19. The van der Waals surface area contributed by atoms with Crippen molar-refractivity contribution in [2.24, 2.45) is 0 Å². The standard InChI is InChI=1S/C4H2F8OS/c5-2(6,7)1-14(13)4(11,12)3(8,9)10/h1H2. The molecule has 1 unspecified atom stereocenters. The van der Waals surface area contributed by atoms with E-state index in [2.05, 4.69) is 0 Å². The molecular formula is C4H2F8OS. The summed E-state index contributed by atoms with van der Waals surface area (Å²) in [7, 11) is -4.35. The molecule has 0 bridgehead atoms. The summed E-state index contributed by atoms with van der Waals surface area (Å²) >= 11 is 0. The zero-order valence-corrected chi connectivity index (χ0v) is 6.86. The quantitative estimate of drug-likeness (QED) is 0.688. The van der Waals surface area contributed by atoms with Crippen LogP contribution >= 0.6 is 0 Å². The topological polar surface area (TPSA) is 17.1 Å². The molecule has 1 nitrogen and oxygen atoms in total. The van der Waals surface area contributed by atoms with Crippen LogP contribution in [0.5, 0.6) is 0 Å². The van der Waals surface area contributed by atoms with Crippen molar-refractivity contribution < 1.29 is 39.3 Å². The van der Waals surface area contributed by atoms with E-state index in [1.165, 1.54) is 0 Å². The van der Waals surface area contributed by atoms with Crippen LogP contribution in [0.1, 0.15) is 0 Å². The SMILES string of the molecule is O=S(CC(F)(F)F)C(F)(F)C(F)(F)F. The lowest BCUT2D eigenvalue weighted by molar-refractivity contribution is -0.240. The van der Waals surface area contributed by atoms with Gasteiger partial charge in [-0.25, -0.2) is 0 Å². The van der Waals surface area contributed by atoms with Gasteiger partial charge in [0.2, 0.25) is 0 Å². The van der Waals surface area contributed by atoms with Crippen molar-refractivity contribution in [3.8, 4) is 0 Å². The third kappa shape index (κ3) is 3.39. The second kappa shape index (κ2) is 3.63. The van der Waals surface area contributed by atoms with E-state index in [4.69, 9.17) is 0 Å². The highest BCUT2D eigenvalue weighted by molar-refractivity contribution is 7.86. The first-order chi connectivity index (χ1) is 5.88. The Morgan fingerprint density at radius 2 is 1.21 bits per heavy atom. The minimum atomic E-state index is -6.25. The average Bonchev–Trinajstić information content (AvgIpc) is 1.80. The summed E-state index contributed by atoms with van der Waals surface area (Å²) in [5.41, 5.74) is 0. The Balaban J connectivity index is 4.70. The molecule has 0 saturated heterocycles. The second-order valence-corrected chi connectivity index (χ2v) is 3.61. The van der Waals surface area contributed by atoms with Crippen molar-refractivity contribution in [2.45, 2.75) is 17.6 Å². The zero-order valence-electron chi connectivity index (χ0n) is 6.05. The van der Waals surface area contributed by atoms with Crippen LogP contribution < -0.4 is 0 Å². The second-order valence-electron chi connectivity index (χ2n) is 2.12. The van der Waals surface area contributed by atoms with E-state index in [0.29, 0.717) is 0 Å². The Morgan fingerprint density at radius 1 is 0.857 bits per heavy atom. The van der Waals surface area contributed by atoms with Crippen LogP contribution in [0.4, 0.5) is 35.1 Å². The van der Waals surface area contributed by atoms with Gasteiger partial charge in [-0.15, -0.1) is 0 Å². The number of rotatable bonds is 2. The van der Waals surface area contributed by atoms with E-state index in [1.54, 1.807) is 0 Å². The van der Waals surface area contributed by atoms with Crippen LogP contribution in [0, 0.1) is 0 Å².